The van der Waals surface area contributed by atoms with Crippen LogP contribution in [0.1, 0.15) is 58.8 Å². The number of hydrogen-bond acceptors (Lipinski definition) is 2. The van der Waals surface area contributed by atoms with Gasteiger partial charge in [-0.2, -0.15) is 0 Å². The Balaban J connectivity index is 2.03. The van der Waals surface area contributed by atoms with Crippen LogP contribution in [0.4, 0.5) is 0 Å². The van der Waals surface area contributed by atoms with Gasteiger partial charge in [0.25, 0.3) is 0 Å². The maximum atomic E-state index is 6.13. The lowest BCUT2D eigenvalue weighted by atomic mass is 9.80. The summed E-state index contributed by atoms with van der Waals surface area (Å²) in [4.78, 5) is 2.80. The van der Waals surface area contributed by atoms with E-state index in [2.05, 4.69) is 18.7 Å². The molecular weight excluding hydrogens is 184 g/mol. The van der Waals surface area contributed by atoms with Crippen molar-refractivity contribution < 1.29 is 0 Å². The van der Waals surface area contributed by atoms with E-state index in [1.807, 2.05) is 0 Å². The predicted octanol–water partition coefficient (Wildman–Crippen LogP) is 2.52. The standard InChI is InChI=1S/C13H26N2/c1-3-5-10(2)15-12-6-4-7-13(15)9-11(14)8-12/h10-13H,3-9,14H2,1-2H3. The summed E-state index contributed by atoms with van der Waals surface area (Å²) >= 11 is 0. The molecule has 2 bridgehead atoms. The molecule has 15 heavy (non-hydrogen) atoms. The summed E-state index contributed by atoms with van der Waals surface area (Å²) in [5, 5.41) is 0. The first-order valence-corrected chi connectivity index (χ1v) is 6.75. The van der Waals surface area contributed by atoms with Gasteiger partial charge >= 0.3 is 0 Å². The van der Waals surface area contributed by atoms with Gasteiger partial charge in [0, 0.05) is 24.2 Å². The third kappa shape index (κ3) is 2.36. The second kappa shape index (κ2) is 4.84. The van der Waals surface area contributed by atoms with Crippen molar-refractivity contribution in [1.82, 2.24) is 4.90 Å². The molecule has 88 valence electrons. The molecule has 2 aliphatic heterocycles. The fourth-order valence-corrected chi connectivity index (χ4v) is 3.75. The molecule has 0 saturated carbocycles. The Labute approximate surface area is 94.2 Å². The first-order chi connectivity index (χ1) is 7.22. The summed E-state index contributed by atoms with van der Waals surface area (Å²) in [6.07, 6.45) is 9.34. The molecule has 2 nitrogen and oxygen atoms in total. The molecule has 2 rings (SSSR count). The normalized spacial score (nSPS) is 39.0. The summed E-state index contributed by atoms with van der Waals surface area (Å²) in [5.41, 5.74) is 6.13. The van der Waals surface area contributed by atoms with E-state index in [1.54, 1.807) is 0 Å². The zero-order chi connectivity index (χ0) is 10.8. The second-order valence-corrected chi connectivity index (χ2v) is 5.55. The van der Waals surface area contributed by atoms with Crippen LogP contribution in [-0.2, 0) is 0 Å². The van der Waals surface area contributed by atoms with Crippen molar-refractivity contribution in [2.75, 3.05) is 0 Å². The Bertz CT molecular complexity index is 191. The molecule has 2 heterocycles. The molecule has 0 aliphatic carbocycles. The Morgan fingerprint density at radius 3 is 2.40 bits per heavy atom. The Hall–Kier alpha value is -0.0800. The van der Waals surface area contributed by atoms with Crippen LogP contribution >= 0.6 is 0 Å². The highest BCUT2D eigenvalue weighted by atomic mass is 15.2. The maximum Gasteiger partial charge on any atom is 0.0116 e. The van der Waals surface area contributed by atoms with Crippen LogP contribution in [-0.4, -0.2) is 29.1 Å². The number of rotatable bonds is 3. The van der Waals surface area contributed by atoms with Gasteiger partial charge in [0.1, 0.15) is 0 Å². The van der Waals surface area contributed by atoms with Crippen molar-refractivity contribution in [3.63, 3.8) is 0 Å². The minimum atomic E-state index is 0.477. The second-order valence-electron chi connectivity index (χ2n) is 5.55. The van der Waals surface area contributed by atoms with Crippen LogP contribution in [0.2, 0.25) is 0 Å². The summed E-state index contributed by atoms with van der Waals surface area (Å²) in [6.45, 7) is 4.70. The molecule has 0 aromatic carbocycles. The van der Waals surface area contributed by atoms with Crippen molar-refractivity contribution in [2.45, 2.75) is 83.0 Å². The number of hydrogen-bond donors (Lipinski definition) is 1. The first kappa shape index (κ1) is 11.4. The van der Waals surface area contributed by atoms with Crippen molar-refractivity contribution in [1.29, 1.82) is 0 Å². The lowest BCUT2D eigenvalue weighted by Gasteiger charge is -2.51. The molecule has 0 spiro atoms. The summed E-state index contributed by atoms with van der Waals surface area (Å²) in [7, 11) is 0. The number of nitrogens with zero attached hydrogens (tertiary/aromatic N) is 1. The van der Waals surface area contributed by atoms with E-state index in [9.17, 15) is 0 Å². The van der Waals surface area contributed by atoms with Crippen LogP contribution in [0.15, 0.2) is 0 Å². The van der Waals surface area contributed by atoms with Crippen LogP contribution in [0.5, 0.6) is 0 Å². The fraction of sp³-hybridized carbons (Fsp3) is 1.00. The van der Waals surface area contributed by atoms with Crippen LogP contribution in [0.3, 0.4) is 0 Å². The third-order valence-corrected chi connectivity index (χ3v) is 4.28. The molecule has 2 aliphatic rings. The average Bonchev–Trinajstić information content (AvgIpc) is 2.16. The van der Waals surface area contributed by atoms with Crippen LogP contribution in [0, 0.1) is 0 Å². The van der Waals surface area contributed by atoms with Gasteiger partial charge < -0.3 is 5.73 Å². The molecular formula is C13H26N2. The zero-order valence-electron chi connectivity index (χ0n) is 10.3. The van der Waals surface area contributed by atoms with Crippen LogP contribution < -0.4 is 5.73 Å². The zero-order valence-corrected chi connectivity index (χ0v) is 10.3. The van der Waals surface area contributed by atoms with E-state index in [0.29, 0.717) is 6.04 Å². The van der Waals surface area contributed by atoms with E-state index >= 15 is 0 Å². The predicted molar refractivity (Wildman–Crippen MR) is 64.8 cm³/mol. The molecule has 0 radical (unpaired) electrons. The number of fused-ring (bicyclic) bond motifs is 2. The van der Waals surface area contributed by atoms with E-state index in [4.69, 9.17) is 5.73 Å². The van der Waals surface area contributed by atoms with Gasteiger partial charge in [0.15, 0.2) is 0 Å². The lowest BCUT2D eigenvalue weighted by Crippen LogP contribution is -2.58. The molecule has 0 aromatic heterocycles. The summed E-state index contributed by atoms with van der Waals surface area (Å²) in [6, 6.07) is 2.85. The van der Waals surface area contributed by atoms with Gasteiger partial charge in [-0.15, -0.1) is 0 Å². The van der Waals surface area contributed by atoms with E-state index in [1.165, 1.54) is 44.9 Å². The molecule has 0 amide bonds. The van der Waals surface area contributed by atoms with Crippen molar-refractivity contribution in [2.24, 2.45) is 5.73 Å². The number of nitrogens with two attached hydrogens (primary N) is 1. The first-order valence-electron chi connectivity index (χ1n) is 6.75. The minimum Gasteiger partial charge on any atom is -0.328 e. The third-order valence-electron chi connectivity index (χ3n) is 4.28. The Morgan fingerprint density at radius 1 is 1.27 bits per heavy atom. The highest BCUT2D eigenvalue weighted by Gasteiger charge is 2.38. The SMILES string of the molecule is CCCC(C)N1C2CCCC1CC(N)C2. The van der Waals surface area contributed by atoms with E-state index in [-0.39, 0.29) is 0 Å². The van der Waals surface area contributed by atoms with Gasteiger partial charge in [-0.1, -0.05) is 19.8 Å². The van der Waals surface area contributed by atoms with E-state index < -0.39 is 0 Å². The quantitative estimate of drug-likeness (QED) is 0.775. The molecule has 2 saturated heterocycles. The Morgan fingerprint density at radius 2 is 1.87 bits per heavy atom. The molecule has 2 fully saturated rings. The molecule has 3 atom stereocenters. The summed E-state index contributed by atoms with van der Waals surface area (Å²) < 4.78 is 0. The molecule has 2 heteroatoms. The van der Waals surface area contributed by atoms with Gasteiger partial charge in [0.05, 0.1) is 0 Å². The van der Waals surface area contributed by atoms with Gasteiger partial charge in [0.2, 0.25) is 0 Å². The molecule has 2 N–H and O–H groups in total. The summed E-state index contributed by atoms with van der Waals surface area (Å²) in [5.74, 6) is 0. The smallest absolute Gasteiger partial charge is 0.0116 e. The highest BCUT2D eigenvalue weighted by molar-refractivity contribution is 4.95. The largest absolute Gasteiger partial charge is 0.328 e. The molecule has 3 unspecified atom stereocenters. The van der Waals surface area contributed by atoms with Crippen molar-refractivity contribution in [3.05, 3.63) is 0 Å². The monoisotopic (exact) mass is 210 g/mol. The molecule has 0 aromatic rings. The van der Waals surface area contributed by atoms with Gasteiger partial charge in [-0.05, 0) is 39.0 Å². The van der Waals surface area contributed by atoms with Crippen LogP contribution in [0.25, 0.3) is 0 Å². The average molecular weight is 210 g/mol. The topological polar surface area (TPSA) is 29.3 Å². The van der Waals surface area contributed by atoms with Gasteiger partial charge in [-0.25, -0.2) is 0 Å². The van der Waals surface area contributed by atoms with Crippen molar-refractivity contribution in [3.8, 4) is 0 Å². The highest BCUT2D eigenvalue weighted by Crippen LogP contribution is 2.35. The fourth-order valence-electron chi connectivity index (χ4n) is 3.75. The Kier molecular flexibility index (Phi) is 3.68. The van der Waals surface area contributed by atoms with E-state index in [0.717, 1.165) is 18.1 Å². The maximum absolute atomic E-state index is 6.13. The minimum absolute atomic E-state index is 0.477. The van der Waals surface area contributed by atoms with Gasteiger partial charge in [-0.3, -0.25) is 4.90 Å². The lowest BCUT2D eigenvalue weighted by molar-refractivity contribution is -0.00229. The van der Waals surface area contributed by atoms with Crippen molar-refractivity contribution >= 4 is 0 Å². The number of piperidine rings is 2.